The van der Waals surface area contributed by atoms with Gasteiger partial charge in [0.1, 0.15) is 17.8 Å². The molecule has 0 radical (unpaired) electrons. The molecule has 5 nitrogen and oxygen atoms in total. The predicted octanol–water partition coefficient (Wildman–Crippen LogP) is 3.64. The van der Waals surface area contributed by atoms with Gasteiger partial charge in [-0.3, -0.25) is 0 Å². The summed E-state index contributed by atoms with van der Waals surface area (Å²) in [6, 6.07) is 7.12. The van der Waals surface area contributed by atoms with Crippen molar-refractivity contribution in [2.24, 2.45) is 0 Å². The molecule has 0 bridgehead atoms. The number of hydrogen-bond donors (Lipinski definition) is 1. The SMILES string of the molecule is CCOC(=O)c1coc(CNCc2ccc(OC(F)(F)F)cc2)c1. The van der Waals surface area contributed by atoms with E-state index in [0.717, 1.165) is 5.56 Å². The van der Waals surface area contributed by atoms with Gasteiger partial charge in [-0.1, -0.05) is 12.1 Å². The molecule has 0 spiro atoms. The third kappa shape index (κ3) is 5.62. The maximum absolute atomic E-state index is 12.1. The van der Waals surface area contributed by atoms with Gasteiger partial charge >= 0.3 is 12.3 Å². The predicted molar refractivity (Wildman–Crippen MR) is 78.3 cm³/mol. The van der Waals surface area contributed by atoms with Gasteiger partial charge in [0.2, 0.25) is 0 Å². The smallest absolute Gasteiger partial charge is 0.467 e. The second-order valence-corrected chi connectivity index (χ2v) is 4.82. The van der Waals surface area contributed by atoms with Crippen LogP contribution in [0.2, 0.25) is 0 Å². The maximum Gasteiger partial charge on any atom is 0.573 e. The van der Waals surface area contributed by atoms with Crippen LogP contribution < -0.4 is 10.1 Å². The molecule has 2 aromatic rings. The van der Waals surface area contributed by atoms with Crippen LogP contribution in [0.25, 0.3) is 0 Å². The van der Waals surface area contributed by atoms with Gasteiger partial charge in [-0.25, -0.2) is 4.79 Å². The number of rotatable bonds is 7. The molecule has 2 rings (SSSR count). The molecule has 0 aliphatic rings. The van der Waals surface area contributed by atoms with Gasteiger partial charge in [-0.05, 0) is 30.7 Å². The number of furan rings is 1. The fourth-order valence-electron chi connectivity index (χ4n) is 1.93. The van der Waals surface area contributed by atoms with Crippen LogP contribution in [0, 0.1) is 0 Å². The number of hydrogen-bond acceptors (Lipinski definition) is 5. The van der Waals surface area contributed by atoms with E-state index in [4.69, 9.17) is 9.15 Å². The molecule has 0 saturated carbocycles. The zero-order chi connectivity index (χ0) is 17.6. The lowest BCUT2D eigenvalue weighted by Gasteiger charge is -2.09. The van der Waals surface area contributed by atoms with Crippen LogP contribution in [-0.2, 0) is 17.8 Å². The highest BCUT2D eigenvalue weighted by molar-refractivity contribution is 5.89. The van der Waals surface area contributed by atoms with Crippen molar-refractivity contribution in [1.82, 2.24) is 5.32 Å². The second-order valence-electron chi connectivity index (χ2n) is 4.82. The molecule has 1 N–H and O–H groups in total. The van der Waals surface area contributed by atoms with E-state index in [1.165, 1.54) is 30.5 Å². The third-order valence-corrected chi connectivity index (χ3v) is 2.95. The van der Waals surface area contributed by atoms with Crippen molar-refractivity contribution in [2.45, 2.75) is 26.4 Å². The summed E-state index contributed by atoms with van der Waals surface area (Å²) in [6.45, 7) is 2.78. The molecule has 0 amide bonds. The van der Waals surface area contributed by atoms with Crippen LogP contribution in [0.4, 0.5) is 13.2 Å². The summed E-state index contributed by atoms with van der Waals surface area (Å²) in [4.78, 5) is 11.5. The van der Waals surface area contributed by atoms with Gasteiger partial charge in [-0.15, -0.1) is 13.2 Å². The van der Waals surface area contributed by atoms with Crippen molar-refractivity contribution in [3.8, 4) is 5.75 Å². The topological polar surface area (TPSA) is 60.7 Å². The number of ether oxygens (including phenoxy) is 2. The highest BCUT2D eigenvalue weighted by Gasteiger charge is 2.30. The number of nitrogens with one attached hydrogen (secondary N) is 1. The molecule has 0 unspecified atom stereocenters. The summed E-state index contributed by atoms with van der Waals surface area (Å²) >= 11 is 0. The van der Waals surface area contributed by atoms with Gasteiger partial charge in [-0.2, -0.15) is 0 Å². The monoisotopic (exact) mass is 343 g/mol. The van der Waals surface area contributed by atoms with E-state index in [-0.39, 0.29) is 12.4 Å². The molecule has 130 valence electrons. The first-order chi connectivity index (χ1) is 11.4. The van der Waals surface area contributed by atoms with Crippen molar-refractivity contribution >= 4 is 5.97 Å². The van der Waals surface area contributed by atoms with E-state index in [1.54, 1.807) is 13.0 Å². The summed E-state index contributed by atoms with van der Waals surface area (Å²) in [7, 11) is 0. The molecule has 24 heavy (non-hydrogen) atoms. The molecule has 0 fully saturated rings. The molecule has 0 atom stereocenters. The fraction of sp³-hybridized carbons (Fsp3) is 0.312. The number of esters is 1. The Balaban J connectivity index is 1.81. The Bertz CT molecular complexity index is 665. The highest BCUT2D eigenvalue weighted by atomic mass is 19.4. The first-order valence-corrected chi connectivity index (χ1v) is 7.17. The van der Waals surface area contributed by atoms with Gasteiger partial charge in [0.05, 0.1) is 18.7 Å². The largest absolute Gasteiger partial charge is 0.573 e. The molecule has 8 heteroatoms. The van der Waals surface area contributed by atoms with Crippen LogP contribution in [0.5, 0.6) is 5.75 Å². The van der Waals surface area contributed by atoms with E-state index in [2.05, 4.69) is 10.1 Å². The van der Waals surface area contributed by atoms with Crippen molar-refractivity contribution in [2.75, 3.05) is 6.61 Å². The van der Waals surface area contributed by atoms with Crippen LogP contribution in [0.15, 0.2) is 41.0 Å². The number of benzene rings is 1. The third-order valence-electron chi connectivity index (χ3n) is 2.95. The molecule has 1 heterocycles. The Morgan fingerprint density at radius 3 is 2.54 bits per heavy atom. The average molecular weight is 343 g/mol. The van der Waals surface area contributed by atoms with Crippen molar-refractivity contribution < 1.29 is 31.9 Å². The Kier molecular flexibility index (Phi) is 5.86. The second kappa shape index (κ2) is 7.87. The molecule has 1 aromatic heterocycles. The van der Waals surface area contributed by atoms with Crippen LogP contribution in [-0.4, -0.2) is 18.9 Å². The summed E-state index contributed by atoms with van der Waals surface area (Å²) in [5, 5.41) is 3.06. The quantitative estimate of drug-likeness (QED) is 0.778. The van der Waals surface area contributed by atoms with E-state index in [1.807, 2.05) is 0 Å². The molecular formula is C16H16F3NO4. The summed E-state index contributed by atoms with van der Waals surface area (Å²) in [6.07, 6.45) is -3.38. The standard InChI is InChI=1S/C16H16F3NO4/c1-2-22-15(21)12-7-14(23-10-12)9-20-8-11-3-5-13(6-4-11)24-16(17,18)19/h3-7,10,20H,2,8-9H2,1H3. The van der Waals surface area contributed by atoms with Gasteiger partial charge in [0, 0.05) is 6.54 Å². The Morgan fingerprint density at radius 1 is 1.21 bits per heavy atom. The molecule has 0 aliphatic heterocycles. The van der Waals surface area contributed by atoms with Gasteiger partial charge < -0.3 is 19.2 Å². The lowest BCUT2D eigenvalue weighted by molar-refractivity contribution is -0.274. The number of carbonyl (C=O) groups is 1. The van der Waals surface area contributed by atoms with E-state index >= 15 is 0 Å². The molecule has 0 aliphatic carbocycles. The van der Waals surface area contributed by atoms with Crippen molar-refractivity contribution in [3.63, 3.8) is 0 Å². The Hall–Kier alpha value is -2.48. The molecular weight excluding hydrogens is 327 g/mol. The zero-order valence-corrected chi connectivity index (χ0v) is 12.9. The minimum absolute atomic E-state index is 0.267. The minimum atomic E-state index is -4.70. The van der Waals surface area contributed by atoms with E-state index < -0.39 is 12.3 Å². The van der Waals surface area contributed by atoms with E-state index in [0.29, 0.717) is 24.4 Å². The van der Waals surface area contributed by atoms with Crippen molar-refractivity contribution in [3.05, 3.63) is 53.5 Å². The molecule has 0 saturated heterocycles. The first-order valence-electron chi connectivity index (χ1n) is 7.17. The van der Waals surface area contributed by atoms with Gasteiger partial charge in [0.25, 0.3) is 0 Å². The van der Waals surface area contributed by atoms with E-state index in [9.17, 15) is 18.0 Å². The fourth-order valence-corrected chi connectivity index (χ4v) is 1.93. The molecule has 1 aromatic carbocycles. The average Bonchev–Trinajstić information content (AvgIpc) is 2.97. The van der Waals surface area contributed by atoms with Crippen LogP contribution in [0.3, 0.4) is 0 Å². The summed E-state index contributed by atoms with van der Waals surface area (Å²) < 4.78 is 50.1. The maximum atomic E-state index is 12.1. The Morgan fingerprint density at radius 2 is 1.92 bits per heavy atom. The van der Waals surface area contributed by atoms with Gasteiger partial charge in [0.15, 0.2) is 0 Å². The minimum Gasteiger partial charge on any atom is -0.467 e. The number of alkyl halides is 3. The normalized spacial score (nSPS) is 11.3. The first kappa shape index (κ1) is 17.9. The summed E-state index contributed by atoms with van der Waals surface area (Å²) in [5.74, 6) is -0.167. The lowest BCUT2D eigenvalue weighted by atomic mass is 10.2. The zero-order valence-electron chi connectivity index (χ0n) is 12.9. The van der Waals surface area contributed by atoms with Crippen LogP contribution >= 0.6 is 0 Å². The summed E-state index contributed by atoms with van der Waals surface area (Å²) in [5.41, 5.74) is 1.11. The van der Waals surface area contributed by atoms with Crippen molar-refractivity contribution in [1.29, 1.82) is 0 Å². The number of carbonyl (C=O) groups excluding carboxylic acids is 1. The van der Waals surface area contributed by atoms with Crippen LogP contribution in [0.1, 0.15) is 28.6 Å². The number of halogens is 3. The highest BCUT2D eigenvalue weighted by Crippen LogP contribution is 2.22. The lowest BCUT2D eigenvalue weighted by Crippen LogP contribution is -2.17. The Labute approximate surface area is 136 Å².